The number of aromatic nitrogens is 1. The summed E-state index contributed by atoms with van der Waals surface area (Å²) >= 11 is 0. The number of pyridine rings is 1. The Labute approximate surface area is 161 Å². The molecule has 1 saturated heterocycles. The van der Waals surface area contributed by atoms with Crippen molar-refractivity contribution in [2.45, 2.75) is 13.0 Å². The average molecular weight is 449 g/mol. The molecule has 1 aromatic heterocycles. The number of anilines is 1. The molecule has 1 fully saturated rings. The number of morpholine rings is 1. The zero-order chi connectivity index (χ0) is 16.3. The van der Waals surface area contributed by atoms with Crippen LogP contribution in [0.3, 0.4) is 0 Å². The fourth-order valence-electron chi connectivity index (χ4n) is 2.45. The highest BCUT2D eigenvalue weighted by atomic mass is 127. The molecule has 136 valence electrons. The Kier molecular flexibility index (Phi) is 10.7. The van der Waals surface area contributed by atoms with Gasteiger partial charge in [-0.3, -0.25) is 4.99 Å². The van der Waals surface area contributed by atoms with Crippen molar-refractivity contribution in [3.63, 3.8) is 0 Å². The van der Waals surface area contributed by atoms with Crippen LogP contribution in [0.25, 0.3) is 0 Å². The van der Waals surface area contributed by atoms with E-state index < -0.39 is 0 Å². The molecule has 0 amide bonds. The van der Waals surface area contributed by atoms with E-state index in [0.717, 1.165) is 63.2 Å². The van der Waals surface area contributed by atoms with Crippen molar-refractivity contribution in [3.8, 4) is 0 Å². The number of nitrogens with one attached hydrogen (secondary N) is 2. The van der Waals surface area contributed by atoms with Gasteiger partial charge in [0.25, 0.3) is 0 Å². The van der Waals surface area contributed by atoms with Gasteiger partial charge in [0, 0.05) is 58.7 Å². The first-order valence-corrected chi connectivity index (χ1v) is 8.05. The lowest BCUT2D eigenvalue weighted by Gasteiger charge is -2.29. The number of nitrogens with zero attached hydrogens (tertiary/aromatic N) is 3. The predicted molar refractivity (Wildman–Crippen MR) is 107 cm³/mol. The molecule has 1 aliphatic heterocycles. The van der Waals surface area contributed by atoms with E-state index in [1.165, 1.54) is 0 Å². The van der Waals surface area contributed by atoms with E-state index >= 15 is 0 Å². The van der Waals surface area contributed by atoms with Gasteiger partial charge < -0.3 is 25.0 Å². The van der Waals surface area contributed by atoms with E-state index in [1.54, 1.807) is 14.2 Å². The van der Waals surface area contributed by atoms with Crippen LogP contribution in [0, 0.1) is 0 Å². The van der Waals surface area contributed by atoms with Crippen LogP contribution in [0.4, 0.5) is 5.82 Å². The largest absolute Gasteiger partial charge is 0.385 e. The van der Waals surface area contributed by atoms with Gasteiger partial charge in [0.2, 0.25) is 0 Å². The molecule has 0 unspecified atom stereocenters. The van der Waals surface area contributed by atoms with Gasteiger partial charge in [-0.2, -0.15) is 0 Å². The maximum absolute atomic E-state index is 5.42. The third-order valence-corrected chi connectivity index (χ3v) is 3.67. The molecule has 7 nitrogen and oxygen atoms in total. The van der Waals surface area contributed by atoms with Crippen molar-refractivity contribution in [2.75, 3.05) is 58.5 Å². The minimum Gasteiger partial charge on any atom is -0.385 e. The highest BCUT2D eigenvalue weighted by molar-refractivity contribution is 14.0. The van der Waals surface area contributed by atoms with Gasteiger partial charge in [0.05, 0.1) is 13.2 Å². The normalized spacial score (nSPS) is 14.9. The minimum atomic E-state index is 0. The molecule has 0 atom stereocenters. The number of hydrogen-bond donors (Lipinski definition) is 2. The Morgan fingerprint density at radius 2 is 2.17 bits per heavy atom. The summed E-state index contributed by atoms with van der Waals surface area (Å²) < 4.78 is 10.5. The summed E-state index contributed by atoms with van der Waals surface area (Å²) in [4.78, 5) is 11.1. The van der Waals surface area contributed by atoms with Crippen LogP contribution >= 0.6 is 24.0 Å². The van der Waals surface area contributed by atoms with E-state index in [1.807, 2.05) is 12.3 Å². The monoisotopic (exact) mass is 449 g/mol. The van der Waals surface area contributed by atoms with Gasteiger partial charge in [-0.15, -0.1) is 24.0 Å². The van der Waals surface area contributed by atoms with Gasteiger partial charge in [-0.1, -0.05) is 6.07 Å². The first kappa shape index (κ1) is 20.9. The number of aliphatic imine (C=N–C) groups is 1. The second-order valence-corrected chi connectivity index (χ2v) is 5.28. The maximum atomic E-state index is 5.42. The van der Waals surface area contributed by atoms with Crippen molar-refractivity contribution < 1.29 is 9.47 Å². The third-order valence-electron chi connectivity index (χ3n) is 3.67. The van der Waals surface area contributed by atoms with E-state index in [-0.39, 0.29) is 24.0 Å². The van der Waals surface area contributed by atoms with E-state index in [9.17, 15) is 0 Å². The summed E-state index contributed by atoms with van der Waals surface area (Å²) in [5.74, 6) is 1.82. The zero-order valence-corrected chi connectivity index (χ0v) is 16.8. The van der Waals surface area contributed by atoms with Crippen LogP contribution < -0.4 is 15.5 Å². The lowest BCUT2D eigenvalue weighted by atomic mass is 10.2. The Morgan fingerprint density at radius 1 is 1.38 bits per heavy atom. The zero-order valence-electron chi connectivity index (χ0n) is 14.5. The molecule has 0 spiro atoms. The molecule has 0 aromatic carbocycles. The summed E-state index contributed by atoms with van der Waals surface area (Å²) in [5.41, 5.74) is 1.16. The molecule has 0 saturated carbocycles. The number of halogens is 1. The lowest BCUT2D eigenvalue weighted by molar-refractivity contribution is 0.122. The molecule has 2 N–H and O–H groups in total. The summed E-state index contributed by atoms with van der Waals surface area (Å²) in [6, 6.07) is 4.07. The lowest BCUT2D eigenvalue weighted by Crippen LogP contribution is -2.39. The van der Waals surface area contributed by atoms with E-state index in [2.05, 4.69) is 31.6 Å². The molecular formula is C16H28IN5O2. The van der Waals surface area contributed by atoms with Crippen molar-refractivity contribution in [1.29, 1.82) is 0 Å². The Balaban J connectivity index is 0.00000288. The first-order valence-electron chi connectivity index (χ1n) is 8.05. The minimum absolute atomic E-state index is 0. The van der Waals surface area contributed by atoms with E-state index in [0.29, 0.717) is 6.54 Å². The van der Waals surface area contributed by atoms with Crippen LogP contribution in [0.1, 0.15) is 12.0 Å². The van der Waals surface area contributed by atoms with Crippen molar-refractivity contribution in [2.24, 2.45) is 4.99 Å². The molecule has 2 rings (SSSR count). The quantitative estimate of drug-likeness (QED) is 0.283. The molecule has 2 heterocycles. The van der Waals surface area contributed by atoms with Gasteiger partial charge >= 0.3 is 0 Å². The number of rotatable bonds is 7. The molecule has 24 heavy (non-hydrogen) atoms. The highest BCUT2D eigenvalue weighted by Crippen LogP contribution is 2.18. The number of guanidine groups is 1. The SMILES string of the molecule is CN=C(NCCCOC)NCc1cccnc1N1CCOCC1.I. The van der Waals surface area contributed by atoms with Gasteiger partial charge in [0.1, 0.15) is 5.82 Å². The van der Waals surface area contributed by atoms with Crippen LogP contribution in [0.5, 0.6) is 0 Å². The molecule has 8 heteroatoms. The Hall–Kier alpha value is -1.13. The second-order valence-electron chi connectivity index (χ2n) is 5.28. The summed E-state index contributed by atoms with van der Waals surface area (Å²) in [7, 11) is 3.49. The molecular weight excluding hydrogens is 421 g/mol. The van der Waals surface area contributed by atoms with Crippen LogP contribution in [-0.2, 0) is 16.0 Å². The van der Waals surface area contributed by atoms with Gasteiger partial charge in [-0.05, 0) is 12.5 Å². The fourth-order valence-corrected chi connectivity index (χ4v) is 2.45. The van der Waals surface area contributed by atoms with Crippen LogP contribution in [0.2, 0.25) is 0 Å². The number of ether oxygens (including phenoxy) is 2. The fraction of sp³-hybridized carbons (Fsp3) is 0.625. The average Bonchev–Trinajstić information content (AvgIpc) is 2.62. The van der Waals surface area contributed by atoms with Crippen LogP contribution in [-0.4, -0.2) is 64.6 Å². The summed E-state index contributed by atoms with van der Waals surface area (Å²) in [5, 5.41) is 6.62. The smallest absolute Gasteiger partial charge is 0.191 e. The highest BCUT2D eigenvalue weighted by Gasteiger charge is 2.15. The van der Waals surface area contributed by atoms with Crippen molar-refractivity contribution >= 4 is 35.8 Å². The summed E-state index contributed by atoms with van der Waals surface area (Å²) in [6.07, 6.45) is 2.79. The van der Waals surface area contributed by atoms with Gasteiger partial charge in [-0.25, -0.2) is 4.98 Å². The van der Waals surface area contributed by atoms with Crippen LogP contribution in [0.15, 0.2) is 23.3 Å². The predicted octanol–water partition coefficient (Wildman–Crippen LogP) is 1.24. The topological polar surface area (TPSA) is 71.0 Å². The second kappa shape index (κ2) is 12.3. The molecule has 1 aromatic rings. The maximum Gasteiger partial charge on any atom is 0.191 e. The Bertz CT molecular complexity index is 495. The van der Waals surface area contributed by atoms with Crippen molar-refractivity contribution in [3.05, 3.63) is 23.9 Å². The third kappa shape index (κ3) is 6.78. The Morgan fingerprint density at radius 3 is 2.88 bits per heavy atom. The molecule has 1 aliphatic rings. The van der Waals surface area contributed by atoms with Gasteiger partial charge in [0.15, 0.2) is 5.96 Å². The summed E-state index contributed by atoms with van der Waals surface area (Å²) in [6.45, 7) is 5.54. The standard InChI is InChI=1S/C16H27N5O2.HI/c1-17-16(19-7-4-10-22-2)20-13-14-5-3-6-18-15(14)21-8-11-23-12-9-21;/h3,5-6H,4,7-13H2,1-2H3,(H2,17,19,20);1H. The molecule has 0 radical (unpaired) electrons. The number of hydrogen-bond acceptors (Lipinski definition) is 5. The van der Waals surface area contributed by atoms with E-state index in [4.69, 9.17) is 9.47 Å². The molecule has 0 bridgehead atoms. The molecule has 0 aliphatic carbocycles. The first-order chi connectivity index (χ1) is 11.3. The number of methoxy groups -OCH3 is 1. The van der Waals surface area contributed by atoms with Crippen molar-refractivity contribution in [1.82, 2.24) is 15.6 Å².